The molecule has 7 nitrogen and oxygen atoms in total. The van der Waals surface area contributed by atoms with Gasteiger partial charge in [0.15, 0.2) is 22.9 Å². The van der Waals surface area contributed by atoms with Gasteiger partial charge in [0.05, 0.1) is 30.0 Å². The van der Waals surface area contributed by atoms with Crippen molar-refractivity contribution in [2.24, 2.45) is 4.99 Å². The van der Waals surface area contributed by atoms with Crippen molar-refractivity contribution in [3.05, 3.63) is 120 Å². The number of benzene rings is 3. The molecular formula is C30H25BrN2O5S. The van der Waals surface area contributed by atoms with Crippen LogP contribution in [0.5, 0.6) is 11.5 Å². The van der Waals surface area contributed by atoms with Crippen molar-refractivity contribution in [2.45, 2.75) is 13.0 Å². The molecule has 0 N–H and O–H groups in total. The van der Waals surface area contributed by atoms with Gasteiger partial charge in [-0.05, 0) is 60.0 Å². The van der Waals surface area contributed by atoms with Crippen molar-refractivity contribution < 1.29 is 19.0 Å². The minimum atomic E-state index is -0.488. The Labute approximate surface area is 237 Å². The fourth-order valence-corrected chi connectivity index (χ4v) is 5.48. The largest absolute Gasteiger partial charge is 0.490 e. The topological polar surface area (TPSA) is 79.1 Å². The molecule has 9 heteroatoms. The van der Waals surface area contributed by atoms with Gasteiger partial charge in [-0.15, -0.1) is 0 Å². The van der Waals surface area contributed by atoms with Gasteiger partial charge in [0, 0.05) is 4.47 Å². The summed E-state index contributed by atoms with van der Waals surface area (Å²) in [5.41, 5.74) is 3.43. The number of carbonyl (C=O) groups excluding carboxylic acids is 1. The molecule has 198 valence electrons. The number of nitrogens with zero attached hydrogens (tertiary/aromatic N) is 2. The molecular weight excluding hydrogens is 580 g/mol. The van der Waals surface area contributed by atoms with Crippen LogP contribution >= 0.6 is 27.3 Å². The van der Waals surface area contributed by atoms with Crippen LogP contribution in [0, 0.1) is 0 Å². The third kappa shape index (κ3) is 5.89. The Balaban J connectivity index is 1.60. The lowest BCUT2D eigenvalue weighted by Gasteiger charge is -2.19. The maximum atomic E-state index is 13.7. The van der Waals surface area contributed by atoms with E-state index in [0.717, 1.165) is 26.9 Å². The minimum Gasteiger partial charge on any atom is -0.490 e. The lowest BCUT2D eigenvalue weighted by molar-refractivity contribution is -0.142. The summed E-state index contributed by atoms with van der Waals surface area (Å²) < 4.78 is 19.2. The van der Waals surface area contributed by atoms with Crippen LogP contribution in [0.4, 0.5) is 0 Å². The fraction of sp³-hybridized carbons (Fsp3) is 0.167. The standard InChI is InChI=1S/C30H25BrN2O5S/c1-3-37-26-15-19(9-14-25(26)38-18-28(34)36-2)16-27-29(35)33-24(21-10-12-22(31)13-11-21)17-23(32-30(33)39-27)20-7-5-4-6-8-20/h4-17,24H,3,18H2,1-2H3. The van der Waals surface area contributed by atoms with Crippen LogP contribution in [0.15, 0.2) is 93.1 Å². The van der Waals surface area contributed by atoms with E-state index in [0.29, 0.717) is 27.4 Å². The van der Waals surface area contributed by atoms with E-state index in [1.807, 2.05) is 79.7 Å². The molecule has 3 aromatic carbocycles. The molecule has 39 heavy (non-hydrogen) atoms. The van der Waals surface area contributed by atoms with E-state index in [1.165, 1.54) is 18.4 Å². The average Bonchev–Trinajstić information content (AvgIpc) is 3.27. The molecule has 0 radical (unpaired) electrons. The third-order valence-electron chi connectivity index (χ3n) is 6.07. The summed E-state index contributed by atoms with van der Waals surface area (Å²) in [7, 11) is 1.30. The van der Waals surface area contributed by atoms with E-state index in [2.05, 4.69) is 20.7 Å². The highest BCUT2D eigenvalue weighted by molar-refractivity contribution is 9.10. The zero-order chi connectivity index (χ0) is 27.4. The molecule has 5 rings (SSSR count). The number of thiazole rings is 1. The molecule has 1 aromatic heterocycles. The van der Waals surface area contributed by atoms with E-state index in [-0.39, 0.29) is 18.2 Å². The molecule has 1 atom stereocenters. The van der Waals surface area contributed by atoms with Gasteiger partial charge in [0.2, 0.25) is 0 Å². The van der Waals surface area contributed by atoms with E-state index >= 15 is 0 Å². The number of esters is 1. The van der Waals surface area contributed by atoms with Gasteiger partial charge in [-0.1, -0.05) is 75.8 Å². The minimum absolute atomic E-state index is 0.126. The molecule has 0 bridgehead atoms. The molecule has 4 aromatic rings. The molecule has 0 saturated heterocycles. The SMILES string of the molecule is CCOc1cc(C=c2sc3n(c2=O)C(c2ccc(Br)cc2)C=C(c2ccccc2)N=3)ccc1OCC(=O)OC. The number of ether oxygens (including phenoxy) is 3. The summed E-state index contributed by atoms with van der Waals surface area (Å²) in [6, 6.07) is 22.9. The van der Waals surface area contributed by atoms with E-state index in [1.54, 1.807) is 16.7 Å². The van der Waals surface area contributed by atoms with Gasteiger partial charge in [-0.3, -0.25) is 9.36 Å². The predicted octanol–water partition coefficient (Wildman–Crippen LogP) is 4.72. The van der Waals surface area contributed by atoms with E-state index < -0.39 is 5.97 Å². The molecule has 0 fully saturated rings. The highest BCUT2D eigenvalue weighted by atomic mass is 79.9. The zero-order valence-corrected chi connectivity index (χ0v) is 23.7. The maximum Gasteiger partial charge on any atom is 0.343 e. The molecule has 1 unspecified atom stereocenters. The third-order valence-corrected chi connectivity index (χ3v) is 7.58. The lowest BCUT2D eigenvalue weighted by Crippen LogP contribution is -2.36. The Morgan fingerprint density at radius 2 is 1.82 bits per heavy atom. The Hall–Kier alpha value is -3.95. The van der Waals surface area contributed by atoms with Gasteiger partial charge < -0.3 is 14.2 Å². The first-order valence-corrected chi connectivity index (χ1v) is 13.9. The first kappa shape index (κ1) is 26.6. The van der Waals surface area contributed by atoms with Crippen LogP contribution in [-0.2, 0) is 9.53 Å². The normalized spacial score (nSPS) is 14.7. The van der Waals surface area contributed by atoms with Crippen molar-refractivity contribution in [1.82, 2.24) is 4.57 Å². The van der Waals surface area contributed by atoms with E-state index in [4.69, 9.17) is 14.5 Å². The number of hydrogen-bond acceptors (Lipinski definition) is 7. The van der Waals surface area contributed by atoms with Crippen molar-refractivity contribution in [1.29, 1.82) is 0 Å². The number of halogens is 1. The number of fused-ring (bicyclic) bond motifs is 1. The Bertz CT molecular complexity index is 1710. The molecule has 0 saturated carbocycles. The van der Waals surface area contributed by atoms with Gasteiger partial charge in [-0.25, -0.2) is 9.79 Å². The number of carbonyl (C=O) groups is 1. The zero-order valence-electron chi connectivity index (χ0n) is 21.3. The quantitative estimate of drug-likeness (QED) is 0.272. The van der Waals surface area contributed by atoms with E-state index in [9.17, 15) is 9.59 Å². The summed E-state index contributed by atoms with van der Waals surface area (Å²) in [5.74, 6) is 0.406. The van der Waals surface area contributed by atoms with Gasteiger partial charge >= 0.3 is 5.97 Å². The van der Waals surface area contributed by atoms with Crippen LogP contribution in [0.3, 0.4) is 0 Å². The van der Waals surface area contributed by atoms with Crippen molar-refractivity contribution in [2.75, 3.05) is 20.3 Å². The second-order valence-electron chi connectivity index (χ2n) is 8.60. The molecule has 0 amide bonds. The summed E-state index contributed by atoms with van der Waals surface area (Å²) >= 11 is 4.84. The number of hydrogen-bond donors (Lipinski definition) is 0. The van der Waals surface area contributed by atoms with Gasteiger partial charge in [0.1, 0.15) is 0 Å². The van der Waals surface area contributed by atoms with Crippen LogP contribution in [0.25, 0.3) is 11.8 Å². The Kier molecular flexibility index (Phi) is 8.09. The second-order valence-corrected chi connectivity index (χ2v) is 10.5. The van der Waals surface area contributed by atoms with Crippen molar-refractivity contribution >= 4 is 45.0 Å². The average molecular weight is 606 g/mol. The molecule has 0 aliphatic carbocycles. The molecule has 1 aliphatic rings. The summed E-state index contributed by atoms with van der Waals surface area (Å²) in [5, 5.41) is 0. The molecule has 1 aliphatic heterocycles. The monoisotopic (exact) mass is 604 g/mol. The lowest BCUT2D eigenvalue weighted by atomic mass is 10.0. The van der Waals surface area contributed by atoms with Gasteiger partial charge in [0.25, 0.3) is 5.56 Å². The first-order valence-electron chi connectivity index (χ1n) is 12.3. The van der Waals surface area contributed by atoms with Crippen molar-refractivity contribution in [3.8, 4) is 11.5 Å². The Morgan fingerprint density at radius 3 is 2.54 bits per heavy atom. The fourth-order valence-electron chi connectivity index (χ4n) is 4.20. The summed E-state index contributed by atoms with van der Waals surface area (Å²) in [6.07, 6.45) is 3.85. The number of allylic oxidation sites excluding steroid dienone is 1. The maximum absolute atomic E-state index is 13.7. The van der Waals surface area contributed by atoms with Crippen LogP contribution in [0.1, 0.15) is 29.7 Å². The van der Waals surface area contributed by atoms with Gasteiger partial charge in [-0.2, -0.15) is 0 Å². The molecule has 0 spiro atoms. The summed E-state index contributed by atoms with van der Waals surface area (Å²) in [6.45, 7) is 2.05. The van der Waals surface area contributed by atoms with Crippen LogP contribution < -0.4 is 24.4 Å². The Morgan fingerprint density at radius 1 is 1.05 bits per heavy atom. The van der Waals surface area contributed by atoms with Crippen LogP contribution in [-0.4, -0.2) is 30.9 Å². The second kappa shape index (κ2) is 11.8. The highest BCUT2D eigenvalue weighted by Crippen LogP contribution is 2.30. The first-order chi connectivity index (χ1) is 19.0. The van der Waals surface area contributed by atoms with Crippen LogP contribution in [0.2, 0.25) is 0 Å². The number of methoxy groups -OCH3 is 1. The number of aromatic nitrogens is 1. The predicted molar refractivity (Wildman–Crippen MR) is 155 cm³/mol. The van der Waals surface area contributed by atoms with Crippen molar-refractivity contribution in [3.63, 3.8) is 0 Å². The highest BCUT2D eigenvalue weighted by Gasteiger charge is 2.22. The summed E-state index contributed by atoms with van der Waals surface area (Å²) in [4.78, 5) is 30.7. The molecule has 2 heterocycles. The smallest absolute Gasteiger partial charge is 0.343 e. The number of rotatable bonds is 8.